The first-order valence-electron chi connectivity index (χ1n) is 13.5. The zero-order valence-electron chi connectivity index (χ0n) is 22.7. The number of thioether (sulfide) groups is 1. The Morgan fingerprint density at radius 3 is 2.33 bits per heavy atom. The maximum Gasteiger partial charge on any atom is 0.294 e. The minimum absolute atomic E-state index is 0.159. The van der Waals surface area contributed by atoms with Crippen molar-refractivity contribution < 1.29 is 19.1 Å². The fourth-order valence-corrected chi connectivity index (χ4v) is 6.20. The SMILES string of the molecule is Cc1cc(C=C2SC(=O)N(CC(=O)N3CCCCCC3)C2=O)c(C)n1-c1ccc(OCc2ccc(Br)cc2)cc1. The molecule has 0 saturated carbocycles. The van der Waals surface area contributed by atoms with Gasteiger partial charge in [0, 0.05) is 34.6 Å². The molecule has 5 rings (SSSR count). The quantitative estimate of drug-likeness (QED) is 0.269. The first-order valence-corrected chi connectivity index (χ1v) is 15.1. The minimum Gasteiger partial charge on any atom is -0.489 e. The van der Waals surface area contributed by atoms with Crippen LogP contribution in [0.25, 0.3) is 11.8 Å². The van der Waals surface area contributed by atoms with E-state index in [1.54, 1.807) is 11.0 Å². The smallest absolute Gasteiger partial charge is 0.294 e. The van der Waals surface area contributed by atoms with Gasteiger partial charge in [-0.3, -0.25) is 19.3 Å². The lowest BCUT2D eigenvalue weighted by Gasteiger charge is -2.22. The number of amides is 3. The number of benzene rings is 2. The van der Waals surface area contributed by atoms with Crippen molar-refractivity contribution in [2.45, 2.75) is 46.1 Å². The number of hydrogen-bond donors (Lipinski definition) is 0. The average molecular weight is 623 g/mol. The molecule has 0 bridgehead atoms. The van der Waals surface area contributed by atoms with E-state index >= 15 is 0 Å². The monoisotopic (exact) mass is 621 g/mol. The summed E-state index contributed by atoms with van der Waals surface area (Å²) in [5, 5.41) is -0.396. The molecule has 2 saturated heterocycles. The van der Waals surface area contributed by atoms with Crippen molar-refractivity contribution in [1.29, 1.82) is 0 Å². The van der Waals surface area contributed by atoms with E-state index in [0.717, 1.165) is 80.8 Å². The van der Waals surface area contributed by atoms with E-state index in [9.17, 15) is 14.4 Å². The summed E-state index contributed by atoms with van der Waals surface area (Å²) in [6.45, 7) is 5.66. The number of ether oxygens (including phenoxy) is 1. The van der Waals surface area contributed by atoms with E-state index < -0.39 is 11.1 Å². The van der Waals surface area contributed by atoms with Crippen LogP contribution in [-0.4, -0.2) is 51.1 Å². The van der Waals surface area contributed by atoms with E-state index in [2.05, 4.69) is 20.5 Å². The predicted octanol–water partition coefficient (Wildman–Crippen LogP) is 6.87. The lowest BCUT2D eigenvalue weighted by atomic mass is 10.2. The zero-order valence-corrected chi connectivity index (χ0v) is 25.1. The third kappa shape index (κ3) is 6.36. The third-order valence-corrected chi connectivity index (χ3v) is 8.73. The highest BCUT2D eigenvalue weighted by molar-refractivity contribution is 9.10. The van der Waals surface area contributed by atoms with Crippen molar-refractivity contribution in [3.63, 3.8) is 0 Å². The van der Waals surface area contributed by atoms with Crippen LogP contribution in [0.1, 0.15) is 48.2 Å². The van der Waals surface area contributed by atoms with Gasteiger partial charge in [0.15, 0.2) is 0 Å². The van der Waals surface area contributed by atoms with Crippen LogP contribution in [0.3, 0.4) is 0 Å². The van der Waals surface area contributed by atoms with Gasteiger partial charge in [0.1, 0.15) is 18.9 Å². The van der Waals surface area contributed by atoms with E-state index in [4.69, 9.17) is 4.74 Å². The summed E-state index contributed by atoms with van der Waals surface area (Å²) in [6.07, 6.45) is 5.90. The number of halogens is 1. The summed E-state index contributed by atoms with van der Waals surface area (Å²) in [7, 11) is 0. The number of carbonyl (C=O) groups is 3. The number of nitrogens with zero attached hydrogens (tertiary/aromatic N) is 3. The molecule has 7 nitrogen and oxygen atoms in total. The highest BCUT2D eigenvalue weighted by Gasteiger charge is 2.37. The van der Waals surface area contributed by atoms with Gasteiger partial charge in [-0.1, -0.05) is 40.9 Å². The summed E-state index contributed by atoms with van der Waals surface area (Å²) in [4.78, 5) is 41.8. The number of hydrogen-bond acceptors (Lipinski definition) is 5. The summed E-state index contributed by atoms with van der Waals surface area (Å²) in [5.41, 5.74) is 4.88. The van der Waals surface area contributed by atoms with Crippen LogP contribution in [0.2, 0.25) is 0 Å². The molecule has 2 aliphatic heterocycles. The van der Waals surface area contributed by atoms with Crippen LogP contribution < -0.4 is 4.74 Å². The van der Waals surface area contributed by atoms with Crippen molar-refractivity contribution in [3.8, 4) is 11.4 Å². The van der Waals surface area contributed by atoms with Crippen molar-refractivity contribution >= 4 is 50.8 Å². The second-order valence-corrected chi connectivity index (χ2v) is 12.0. The summed E-state index contributed by atoms with van der Waals surface area (Å²) >= 11 is 4.34. The molecule has 40 heavy (non-hydrogen) atoms. The Kier molecular flexibility index (Phi) is 8.81. The molecule has 3 heterocycles. The van der Waals surface area contributed by atoms with Crippen molar-refractivity contribution in [2.75, 3.05) is 19.6 Å². The van der Waals surface area contributed by atoms with Gasteiger partial charge in [-0.2, -0.15) is 0 Å². The molecule has 0 atom stereocenters. The van der Waals surface area contributed by atoms with E-state index in [1.807, 2.05) is 68.4 Å². The van der Waals surface area contributed by atoms with Crippen LogP contribution in [0.4, 0.5) is 4.79 Å². The maximum atomic E-state index is 13.1. The standard InChI is InChI=1S/C31H32BrN3O4S/c1-21-17-24(18-28-30(37)34(31(38)40-28)19-29(36)33-15-5-3-4-6-16-33)22(2)35(21)26-11-13-27(14-12-26)39-20-23-7-9-25(32)10-8-23/h7-14,17-18H,3-6,15-16,19-20H2,1-2H3. The van der Waals surface area contributed by atoms with Gasteiger partial charge in [-0.25, -0.2) is 0 Å². The molecule has 208 valence electrons. The molecule has 3 amide bonds. The fourth-order valence-electron chi connectivity index (χ4n) is 5.10. The first-order chi connectivity index (χ1) is 19.3. The Morgan fingerprint density at radius 1 is 0.975 bits per heavy atom. The molecule has 0 N–H and O–H groups in total. The van der Waals surface area contributed by atoms with Crippen molar-refractivity contribution in [3.05, 3.63) is 86.5 Å². The molecule has 3 aromatic rings. The lowest BCUT2D eigenvalue weighted by molar-refractivity contribution is -0.135. The number of aryl methyl sites for hydroxylation is 1. The van der Waals surface area contributed by atoms with Gasteiger partial charge in [-0.15, -0.1) is 0 Å². The zero-order chi connectivity index (χ0) is 28.2. The van der Waals surface area contributed by atoms with Crippen LogP contribution in [-0.2, 0) is 16.2 Å². The maximum absolute atomic E-state index is 13.1. The molecule has 9 heteroatoms. The molecule has 1 aromatic heterocycles. The normalized spacial score (nSPS) is 17.0. The van der Waals surface area contributed by atoms with E-state index in [1.165, 1.54) is 0 Å². The first kappa shape index (κ1) is 28.2. The molecule has 2 aliphatic rings. The van der Waals surface area contributed by atoms with Crippen molar-refractivity contribution in [1.82, 2.24) is 14.4 Å². The molecule has 0 unspecified atom stereocenters. The summed E-state index contributed by atoms with van der Waals surface area (Å²) in [6, 6.07) is 17.9. The molecular weight excluding hydrogens is 590 g/mol. The second-order valence-electron chi connectivity index (χ2n) is 10.1. The third-order valence-electron chi connectivity index (χ3n) is 7.30. The van der Waals surface area contributed by atoms with Crippen LogP contribution in [0.5, 0.6) is 5.75 Å². The number of aromatic nitrogens is 1. The Balaban J connectivity index is 1.27. The number of imide groups is 1. The van der Waals surface area contributed by atoms with Gasteiger partial charge in [0.25, 0.3) is 11.1 Å². The number of rotatable bonds is 7. The highest BCUT2D eigenvalue weighted by atomic mass is 79.9. The second kappa shape index (κ2) is 12.5. The van der Waals surface area contributed by atoms with Gasteiger partial charge in [-0.05, 0) is 98.1 Å². The van der Waals surface area contributed by atoms with Gasteiger partial charge in [0.05, 0.1) is 4.91 Å². The number of carbonyl (C=O) groups excluding carboxylic acids is 3. The van der Waals surface area contributed by atoms with Gasteiger partial charge in [0.2, 0.25) is 5.91 Å². The Morgan fingerprint density at radius 2 is 1.65 bits per heavy atom. The Hall–Kier alpha value is -3.30. The fraction of sp³-hybridized carbons (Fsp3) is 0.323. The van der Waals surface area contributed by atoms with E-state index in [-0.39, 0.29) is 12.5 Å². The van der Waals surface area contributed by atoms with Crippen LogP contribution in [0, 0.1) is 13.8 Å². The summed E-state index contributed by atoms with van der Waals surface area (Å²) < 4.78 is 9.09. The van der Waals surface area contributed by atoms with E-state index in [0.29, 0.717) is 24.6 Å². The van der Waals surface area contributed by atoms with Gasteiger partial charge < -0.3 is 14.2 Å². The van der Waals surface area contributed by atoms with Crippen molar-refractivity contribution in [2.24, 2.45) is 0 Å². The minimum atomic E-state index is -0.407. The van der Waals surface area contributed by atoms with Crippen LogP contribution in [0.15, 0.2) is 64.0 Å². The Bertz CT molecular complexity index is 1440. The molecule has 0 aliphatic carbocycles. The summed E-state index contributed by atoms with van der Waals surface area (Å²) in [5.74, 6) is 0.209. The topological polar surface area (TPSA) is 71.9 Å². The highest BCUT2D eigenvalue weighted by Crippen LogP contribution is 2.34. The van der Waals surface area contributed by atoms with Crippen LogP contribution >= 0.6 is 27.7 Å². The van der Waals surface area contributed by atoms with Gasteiger partial charge >= 0.3 is 0 Å². The average Bonchev–Trinajstić information content (AvgIpc) is 3.21. The lowest BCUT2D eigenvalue weighted by Crippen LogP contribution is -2.42. The largest absolute Gasteiger partial charge is 0.489 e. The Labute approximate surface area is 247 Å². The molecular formula is C31H32BrN3O4S. The molecule has 0 spiro atoms. The predicted molar refractivity (Wildman–Crippen MR) is 161 cm³/mol. The molecule has 2 fully saturated rings. The number of likely N-dealkylation sites (tertiary alicyclic amines) is 1. The molecule has 2 aromatic carbocycles. The molecule has 0 radical (unpaired) electrons.